The van der Waals surface area contributed by atoms with Crippen LogP contribution in [0.1, 0.15) is 53.7 Å². The van der Waals surface area contributed by atoms with Crippen LogP contribution in [-0.2, 0) is 32.1 Å². The van der Waals surface area contributed by atoms with Crippen molar-refractivity contribution in [3.05, 3.63) is 92.0 Å². The van der Waals surface area contributed by atoms with Gasteiger partial charge in [0.1, 0.15) is 12.1 Å². The largest absolute Gasteiger partial charge is 0.480 e. The zero-order valence-electron chi connectivity index (χ0n) is 29.2. The number of carbonyl (C=O) groups is 5. The minimum absolute atomic E-state index is 0.0196. The number of nitrogens with one attached hydrogen (secondary N) is 5. The molecule has 2 aromatic heterocycles. The Kier molecular flexibility index (Phi) is 14.2. The van der Waals surface area contributed by atoms with Crippen LogP contribution in [0.15, 0.2) is 59.5 Å². The first-order valence-electron chi connectivity index (χ1n) is 16.9. The molecule has 0 saturated carbocycles. The number of hydrogen-bond acceptors (Lipinski definition) is 14. The fourth-order valence-electron chi connectivity index (χ4n) is 5.20. The minimum Gasteiger partial charge on any atom is -0.480 e. The highest BCUT2D eigenvalue weighted by atomic mass is 16.6. The lowest BCUT2D eigenvalue weighted by atomic mass is 10.1. The molecule has 0 saturated heterocycles. The summed E-state index contributed by atoms with van der Waals surface area (Å²) in [6.45, 7) is 0.359. The predicted molar refractivity (Wildman–Crippen MR) is 195 cm³/mol. The van der Waals surface area contributed by atoms with Crippen LogP contribution in [0.5, 0.6) is 0 Å². The van der Waals surface area contributed by atoms with Gasteiger partial charge in [-0.2, -0.15) is 4.98 Å². The van der Waals surface area contributed by atoms with Gasteiger partial charge in [0.05, 0.1) is 29.4 Å². The zero-order valence-corrected chi connectivity index (χ0v) is 29.2. The summed E-state index contributed by atoms with van der Waals surface area (Å²) in [5.74, 6) is -4.67. The summed E-state index contributed by atoms with van der Waals surface area (Å²) < 4.78 is 0. The molecule has 2 heterocycles. The summed E-state index contributed by atoms with van der Waals surface area (Å²) in [5, 5.41) is 40.5. The summed E-state index contributed by atoms with van der Waals surface area (Å²) in [5.41, 5.74) is 12.7. The number of carboxylic acids is 2. The van der Waals surface area contributed by atoms with Gasteiger partial charge in [-0.25, -0.2) is 19.6 Å². The number of aromatic nitrogens is 4. The molecule has 0 aliphatic heterocycles. The number of nitrogens with zero attached hydrogens (tertiary/aromatic N) is 4. The molecule has 11 N–H and O–H groups in total. The van der Waals surface area contributed by atoms with Gasteiger partial charge in [0.25, 0.3) is 17.2 Å². The number of benzene rings is 2. The van der Waals surface area contributed by atoms with E-state index in [0.29, 0.717) is 29.8 Å². The van der Waals surface area contributed by atoms with Crippen molar-refractivity contribution in [2.75, 3.05) is 17.6 Å². The highest BCUT2D eigenvalue weighted by molar-refractivity contribution is 5.97. The Balaban J connectivity index is 1.17. The molecule has 0 bridgehead atoms. The molecular formula is C34H39N11O10. The molecule has 290 valence electrons. The second kappa shape index (κ2) is 19.2. The van der Waals surface area contributed by atoms with Gasteiger partial charge < -0.3 is 42.9 Å². The average molecular weight is 762 g/mol. The Morgan fingerprint density at radius 3 is 2.24 bits per heavy atom. The number of carboxylic acid groups (broad SMARTS) is 2. The van der Waals surface area contributed by atoms with Crippen molar-refractivity contribution in [1.29, 1.82) is 0 Å². The summed E-state index contributed by atoms with van der Waals surface area (Å²) in [4.78, 5) is 98.3. The number of fused-ring (bicyclic) bond motifs is 1. The Hall–Kier alpha value is -7.03. The number of amides is 3. The van der Waals surface area contributed by atoms with Gasteiger partial charge in [0.2, 0.25) is 17.8 Å². The molecule has 0 spiro atoms. The first-order valence-corrected chi connectivity index (χ1v) is 16.9. The Bertz CT molecular complexity index is 2090. The van der Waals surface area contributed by atoms with E-state index in [1.165, 1.54) is 42.6 Å². The van der Waals surface area contributed by atoms with Gasteiger partial charge >= 0.3 is 11.9 Å². The molecule has 3 atom stereocenters. The van der Waals surface area contributed by atoms with E-state index in [4.69, 9.17) is 11.5 Å². The molecule has 0 radical (unpaired) electrons. The molecule has 0 fully saturated rings. The van der Waals surface area contributed by atoms with Crippen molar-refractivity contribution in [1.82, 2.24) is 35.9 Å². The van der Waals surface area contributed by atoms with E-state index < -0.39 is 58.3 Å². The summed E-state index contributed by atoms with van der Waals surface area (Å²) in [6.07, 6.45) is 1.58. The van der Waals surface area contributed by atoms with Gasteiger partial charge in [0.15, 0.2) is 11.2 Å². The number of nitro groups is 1. The molecule has 2 aromatic carbocycles. The van der Waals surface area contributed by atoms with Crippen LogP contribution in [0.2, 0.25) is 0 Å². The number of nitro benzene ring substituents is 1. The fraction of sp³-hybridized carbons (Fsp3) is 0.324. The number of anilines is 2. The van der Waals surface area contributed by atoms with E-state index in [9.17, 15) is 49.1 Å². The van der Waals surface area contributed by atoms with Gasteiger partial charge in [-0.15, -0.1) is 0 Å². The Morgan fingerprint density at radius 1 is 0.909 bits per heavy atom. The molecular weight excluding hydrogens is 722 g/mol. The molecule has 2 unspecified atom stereocenters. The normalized spacial score (nSPS) is 12.5. The maximum Gasteiger partial charge on any atom is 0.326 e. The number of nitrogen functional groups attached to an aromatic ring is 1. The monoisotopic (exact) mass is 761 g/mol. The quantitative estimate of drug-likeness (QED) is 0.0330. The van der Waals surface area contributed by atoms with Crippen molar-refractivity contribution in [2.24, 2.45) is 5.73 Å². The van der Waals surface area contributed by atoms with Crippen molar-refractivity contribution >= 4 is 58.1 Å². The number of nitrogens with two attached hydrogens (primary N) is 2. The lowest BCUT2D eigenvalue weighted by molar-refractivity contribution is -0.384. The second-order valence-electron chi connectivity index (χ2n) is 12.3. The summed E-state index contributed by atoms with van der Waals surface area (Å²) >= 11 is 0. The predicted octanol–water partition coefficient (Wildman–Crippen LogP) is 0.205. The molecule has 3 amide bonds. The van der Waals surface area contributed by atoms with Gasteiger partial charge in [-0.1, -0.05) is 12.1 Å². The van der Waals surface area contributed by atoms with Crippen LogP contribution in [0, 0.1) is 10.1 Å². The van der Waals surface area contributed by atoms with E-state index in [1.54, 1.807) is 12.1 Å². The molecule has 4 rings (SSSR count). The number of non-ortho nitro benzene ring substituents is 1. The van der Waals surface area contributed by atoms with Crippen LogP contribution in [-0.4, -0.2) is 89.4 Å². The van der Waals surface area contributed by atoms with E-state index in [-0.39, 0.29) is 67.1 Å². The Morgan fingerprint density at radius 2 is 1.58 bits per heavy atom. The van der Waals surface area contributed by atoms with Crippen LogP contribution in [0.25, 0.3) is 11.2 Å². The summed E-state index contributed by atoms with van der Waals surface area (Å²) in [6, 6.07) is 8.07. The first-order chi connectivity index (χ1) is 26.2. The summed E-state index contributed by atoms with van der Waals surface area (Å²) in [7, 11) is 0. The van der Waals surface area contributed by atoms with Crippen molar-refractivity contribution in [2.45, 2.75) is 63.2 Å². The average Bonchev–Trinajstić information content (AvgIpc) is 3.15. The van der Waals surface area contributed by atoms with Crippen molar-refractivity contribution < 1.29 is 39.1 Å². The number of aromatic amines is 1. The number of unbranched alkanes of at least 4 members (excludes halogenated alkanes) is 1. The van der Waals surface area contributed by atoms with Crippen molar-refractivity contribution in [3.8, 4) is 0 Å². The van der Waals surface area contributed by atoms with E-state index in [1.807, 2.05) is 0 Å². The molecule has 21 heteroatoms. The van der Waals surface area contributed by atoms with Gasteiger partial charge in [0, 0.05) is 36.3 Å². The van der Waals surface area contributed by atoms with Gasteiger partial charge in [-0.3, -0.25) is 34.3 Å². The third-order valence-corrected chi connectivity index (χ3v) is 8.16. The molecule has 0 aliphatic rings. The van der Waals surface area contributed by atoms with Gasteiger partial charge in [-0.05, 0) is 61.9 Å². The number of H-pyrrole nitrogens is 1. The molecule has 4 aromatic rings. The van der Waals surface area contributed by atoms with E-state index >= 15 is 0 Å². The zero-order chi connectivity index (χ0) is 40.1. The number of aliphatic carboxylic acids is 2. The minimum atomic E-state index is -1.45. The van der Waals surface area contributed by atoms with Crippen LogP contribution < -0.4 is 38.3 Å². The first kappa shape index (κ1) is 40.7. The lowest BCUT2D eigenvalue weighted by Crippen LogP contribution is -2.44. The Labute approximate surface area is 311 Å². The maximum atomic E-state index is 12.8. The van der Waals surface area contributed by atoms with Crippen LogP contribution in [0.3, 0.4) is 0 Å². The van der Waals surface area contributed by atoms with Crippen LogP contribution in [0.4, 0.5) is 17.3 Å². The molecule has 55 heavy (non-hydrogen) atoms. The highest BCUT2D eigenvalue weighted by Gasteiger charge is 2.24. The fourth-order valence-corrected chi connectivity index (χ4v) is 5.20. The smallest absolute Gasteiger partial charge is 0.326 e. The topological polar surface area (TPSA) is 341 Å². The number of carbonyl (C=O) groups excluding carboxylic acids is 3. The SMILES string of the molecule is Nc1nc2ncc(CNc3ccc(C(=O)NC(CCC(=O)N[C@@H](CCCCNC(=O)C(N)Cc4ccc([N+](=O)[O-])cc4)C(=O)O)C(=O)O)cc3)nc2c(=O)[nH]1. The number of hydrogen-bond donors (Lipinski definition) is 9. The third kappa shape index (κ3) is 12.3. The highest BCUT2D eigenvalue weighted by Crippen LogP contribution is 2.14. The van der Waals surface area contributed by atoms with E-state index in [2.05, 4.69) is 41.2 Å². The lowest BCUT2D eigenvalue weighted by Gasteiger charge is -2.17. The maximum absolute atomic E-state index is 12.8. The van der Waals surface area contributed by atoms with E-state index in [0.717, 1.165) is 0 Å². The second-order valence-corrected chi connectivity index (χ2v) is 12.3. The van der Waals surface area contributed by atoms with Crippen LogP contribution >= 0.6 is 0 Å². The molecule has 0 aliphatic carbocycles. The van der Waals surface area contributed by atoms with Crippen molar-refractivity contribution in [3.63, 3.8) is 0 Å². The standard InChI is InChI=1S/C34H39N11O10/c35-23(15-18-4-10-22(11-5-18)45(54)55)30(48)37-14-2-1-3-24(32(50)51)41-26(46)13-12-25(33(52)53)42-29(47)19-6-8-20(9-7-19)38-16-21-17-39-28-27(40-21)31(49)44-34(36)43-28/h4-11,17,23-25,38H,1-3,12-16,35H2,(H,37,48)(H,41,46)(H,42,47)(H,50,51)(H,52,53)(H3,36,39,43,44,49)/t23?,24-,25?/m0/s1. The number of rotatable bonds is 20. The third-order valence-electron chi connectivity index (χ3n) is 8.16. The molecule has 21 nitrogen and oxygen atoms in total.